The molecule has 0 aliphatic rings. The third-order valence-electron chi connectivity index (χ3n) is 4.52. The van der Waals surface area contributed by atoms with Crippen LogP contribution < -0.4 is 5.32 Å². The fourth-order valence-corrected chi connectivity index (χ4v) is 5.21. The fourth-order valence-electron chi connectivity index (χ4n) is 2.90. The molecule has 0 spiro atoms. The van der Waals surface area contributed by atoms with Crippen molar-refractivity contribution in [2.45, 2.75) is 16.3 Å². The van der Waals surface area contributed by atoms with Gasteiger partial charge in [-0.15, -0.1) is 0 Å². The van der Waals surface area contributed by atoms with E-state index in [4.69, 9.17) is 0 Å². The van der Waals surface area contributed by atoms with E-state index < -0.39 is 31.5 Å². The summed E-state index contributed by atoms with van der Waals surface area (Å²) < 4.78 is 51.4. The van der Waals surface area contributed by atoms with Gasteiger partial charge in [0, 0.05) is 19.3 Å². The number of sulfone groups is 1. The van der Waals surface area contributed by atoms with E-state index >= 15 is 0 Å². The van der Waals surface area contributed by atoms with E-state index in [1.54, 1.807) is 18.2 Å². The first-order valence-corrected chi connectivity index (χ1v) is 12.5. The molecule has 0 saturated carbocycles. The van der Waals surface area contributed by atoms with Crippen molar-refractivity contribution in [3.8, 4) is 0 Å². The topological polar surface area (TPSA) is 101 Å². The highest BCUT2D eigenvalue weighted by atomic mass is 32.2. The number of carbonyl (C=O) groups excluding carboxylic acids is 1. The predicted octanol–water partition coefficient (Wildman–Crippen LogP) is 2.92. The van der Waals surface area contributed by atoms with Gasteiger partial charge in [-0.3, -0.25) is 4.79 Å². The van der Waals surface area contributed by atoms with Crippen LogP contribution >= 0.6 is 0 Å². The van der Waals surface area contributed by atoms with Crippen LogP contribution in [-0.2, 0) is 31.2 Å². The first-order chi connectivity index (χ1) is 14.7. The van der Waals surface area contributed by atoms with E-state index in [0.717, 1.165) is 5.56 Å². The van der Waals surface area contributed by atoms with E-state index in [2.05, 4.69) is 5.32 Å². The van der Waals surface area contributed by atoms with Gasteiger partial charge in [0.1, 0.15) is 5.75 Å². The van der Waals surface area contributed by atoms with Crippen LogP contribution in [0.3, 0.4) is 0 Å². The Morgan fingerprint density at radius 3 is 1.90 bits per heavy atom. The maximum Gasteiger partial charge on any atom is 0.243 e. The third-order valence-corrected chi connectivity index (χ3v) is 7.97. The van der Waals surface area contributed by atoms with Crippen molar-refractivity contribution >= 4 is 31.5 Å². The number of hydrogen-bond acceptors (Lipinski definition) is 5. The quantitative estimate of drug-likeness (QED) is 0.559. The Hall–Kier alpha value is -3.01. The van der Waals surface area contributed by atoms with Crippen LogP contribution in [0.1, 0.15) is 5.56 Å². The number of hydrogen-bond donors (Lipinski definition) is 1. The molecule has 0 unspecified atom stereocenters. The SMILES string of the molecule is CN(Cc1ccccc1)S(=O)(=O)c1ccc(NC(=O)CS(=O)(=O)c2ccccc2)cc1. The molecule has 0 heterocycles. The molecular weight excluding hydrogens is 436 g/mol. The lowest BCUT2D eigenvalue weighted by Crippen LogP contribution is -2.26. The van der Waals surface area contributed by atoms with Gasteiger partial charge in [-0.05, 0) is 42.0 Å². The third kappa shape index (κ3) is 5.78. The zero-order chi connectivity index (χ0) is 22.5. The molecule has 3 aromatic rings. The normalized spacial score (nSPS) is 11.9. The summed E-state index contributed by atoms with van der Waals surface area (Å²) in [6.45, 7) is 0.221. The highest BCUT2D eigenvalue weighted by molar-refractivity contribution is 7.92. The van der Waals surface area contributed by atoms with Crippen LogP contribution in [0.4, 0.5) is 5.69 Å². The second kappa shape index (κ2) is 9.42. The number of nitrogens with one attached hydrogen (secondary N) is 1. The summed E-state index contributed by atoms with van der Waals surface area (Å²) in [5.74, 6) is -1.42. The molecule has 3 aromatic carbocycles. The lowest BCUT2D eigenvalue weighted by Gasteiger charge is -2.17. The summed E-state index contributed by atoms with van der Waals surface area (Å²) in [6, 6.07) is 22.5. The van der Waals surface area contributed by atoms with Gasteiger partial charge in [0.25, 0.3) is 0 Å². The number of amides is 1. The van der Waals surface area contributed by atoms with Crippen molar-refractivity contribution in [3.05, 3.63) is 90.5 Å². The number of anilines is 1. The molecule has 0 fully saturated rings. The Balaban J connectivity index is 1.66. The Kier molecular flexibility index (Phi) is 6.89. The van der Waals surface area contributed by atoms with Crippen molar-refractivity contribution < 1.29 is 21.6 Å². The molecule has 31 heavy (non-hydrogen) atoms. The maximum atomic E-state index is 12.8. The largest absolute Gasteiger partial charge is 0.325 e. The number of benzene rings is 3. The van der Waals surface area contributed by atoms with Gasteiger partial charge in [-0.25, -0.2) is 16.8 Å². The van der Waals surface area contributed by atoms with Gasteiger partial charge in [0.15, 0.2) is 9.84 Å². The van der Waals surface area contributed by atoms with Crippen molar-refractivity contribution in [1.82, 2.24) is 4.31 Å². The lowest BCUT2D eigenvalue weighted by molar-refractivity contribution is -0.113. The van der Waals surface area contributed by atoms with E-state index in [1.807, 2.05) is 30.3 Å². The summed E-state index contributed by atoms with van der Waals surface area (Å²) in [5, 5.41) is 2.49. The molecule has 7 nitrogen and oxygen atoms in total. The average molecular weight is 459 g/mol. The van der Waals surface area contributed by atoms with Gasteiger partial charge < -0.3 is 5.32 Å². The molecule has 1 amide bonds. The van der Waals surface area contributed by atoms with Crippen LogP contribution in [0.5, 0.6) is 0 Å². The summed E-state index contributed by atoms with van der Waals surface area (Å²) in [5.41, 5.74) is 1.16. The summed E-state index contributed by atoms with van der Waals surface area (Å²) in [4.78, 5) is 12.3. The second-order valence-electron chi connectivity index (χ2n) is 6.89. The first-order valence-electron chi connectivity index (χ1n) is 9.36. The van der Waals surface area contributed by atoms with Gasteiger partial charge in [-0.1, -0.05) is 48.5 Å². The molecule has 0 aliphatic heterocycles. The highest BCUT2D eigenvalue weighted by Gasteiger charge is 2.22. The van der Waals surface area contributed by atoms with Crippen molar-refractivity contribution in [2.75, 3.05) is 18.1 Å². The molecular formula is C22H22N2O5S2. The number of carbonyl (C=O) groups is 1. The Bertz CT molecular complexity index is 1240. The molecule has 0 aromatic heterocycles. The van der Waals surface area contributed by atoms with E-state index in [1.165, 1.54) is 47.8 Å². The van der Waals surface area contributed by atoms with E-state index in [0.29, 0.717) is 5.69 Å². The molecule has 162 valence electrons. The van der Waals surface area contributed by atoms with Gasteiger partial charge in [-0.2, -0.15) is 4.31 Å². The standard InChI is InChI=1S/C22H22N2O5S2/c1-24(16-18-8-4-2-5-9-18)31(28,29)21-14-12-19(13-15-21)23-22(25)17-30(26,27)20-10-6-3-7-11-20/h2-15H,16-17H2,1H3,(H,23,25). The van der Waals surface area contributed by atoms with Crippen LogP contribution in [0.15, 0.2) is 94.7 Å². The van der Waals surface area contributed by atoms with Gasteiger partial charge in [0.2, 0.25) is 15.9 Å². The molecule has 0 saturated heterocycles. The highest BCUT2D eigenvalue weighted by Crippen LogP contribution is 2.19. The smallest absolute Gasteiger partial charge is 0.243 e. The second-order valence-corrected chi connectivity index (χ2v) is 10.9. The van der Waals surface area contributed by atoms with Gasteiger partial charge in [0.05, 0.1) is 9.79 Å². The zero-order valence-corrected chi connectivity index (χ0v) is 18.4. The minimum Gasteiger partial charge on any atom is -0.325 e. The van der Waals surface area contributed by atoms with Crippen LogP contribution in [-0.4, -0.2) is 39.8 Å². The molecule has 9 heteroatoms. The van der Waals surface area contributed by atoms with Crippen molar-refractivity contribution in [2.24, 2.45) is 0 Å². The lowest BCUT2D eigenvalue weighted by atomic mass is 10.2. The van der Waals surface area contributed by atoms with Crippen molar-refractivity contribution in [1.29, 1.82) is 0 Å². The summed E-state index contributed by atoms with van der Waals surface area (Å²) in [7, 11) is -6.00. The summed E-state index contributed by atoms with van der Waals surface area (Å²) in [6.07, 6.45) is 0. The predicted molar refractivity (Wildman–Crippen MR) is 119 cm³/mol. The molecule has 0 atom stereocenters. The first kappa shape index (κ1) is 22.7. The Morgan fingerprint density at radius 1 is 0.774 bits per heavy atom. The number of nitrogens with zero attached hydrogens (tertiary/aromatic N) is 1. The summed E-state index contributed by atoms with van der Waals surface area (Å²) >= 11 is 0. The molecule has 0 radical (unpaired) electrons. The average Bonchev–Trinajstić information content (AvgIpc) is 2.75. The number of rotatable bonds is 8. The zero-order valence-electron chi connectivity index (χ0n) is 16.8. The van der Waals surface area contributed by atoms with Crippen LogP contribution in [0.25, 0.3) is 0 Å². The van der Waals surface area contributed by atoms with Crippen LogP contribution in [0, 0.1) is 0 Å². The monoisotopic (exact) mass is 458 g/mol. The van der Waals surface area contributed by atoms with Crippen molar-refractivity contribution in [3.63, 3.8) is 0 Å². The van der Waals surface area contributed by atoms with Gasteiger partial charge >= 0.3 is 0 Å². The Labute approximate surface area is 182 Å². The molecule has 3 rings (SSSR count). The fraction of sp³-hybridized carbons (Fsp3) is 0.136. The molecule has 0 bridgehead atoms. The molecule has 0 aliphatic carbocycles. The minimum absolute atomic E-state index is 0.0630. The van der Waals surface area contributed by atoms with E-state index in [9.17, 15) is 21.6 Å². The number of sulfonamides is 1. The van der Waals surface area contributed by atoms with E-state index in [-0.39, 0.29) is 16.3 Å². The Morgan fingerprint density at radius 2 is 1.32 bits per heavy atom. The molecule has 1 N–H and O–H groups in total. The maximum absolute atomic E-state index is 12.8. The van der Waals surface area contributed by atoms with Crippen LogP contribution in [0.2, 0.25) is 0 Å². The minimum atomic E-state index is -3.77.